The number of hydrogen-bond acceptors (Lipinski definition) is 5. The lowest BCUT2D eigenvalue weighted by molar-refractivity contribution is -0.127. The second-order valence-corrected chi connectivity index (χ2v) is 9.00. The molecule has 0 spiro atoms. The second-order valence-electron chi connectivity index (χ2n) is 9.00. The largest absolute Gasteiger partial charge is 0.489 e. The maximum Gasteiger partial charge on any atom is 0.246 e. The number of nitrogens with one attached hydrogen (secondary N) is 1. The third-order valence-electron chi connectivity index (χ3n) is 6.12. The molecule has 33 heavy (non-hydrogen) atoms. The van der Waals surface area contributed by atoms with Gasteiger partial charge >= 0.3 is 0 Å². The van der Waals surface area contributed by atoms with Gasteiger partial charge in [0.25, 0.3) is 0 Å². The zero-order valence-corrected chi connectivity index (χ0v) is 19.6. The number of fused-ring (bicyclic) bond motifs is 2. The van der Waals surface area contributed by atoms with E-state index in [2.05, 4.69) is 17.2 Å². The molecule has 0 saturated carbocycles. The molecule has 1 N–H and O–H groups in total. The SMILES string of the molecule is CCc1c([C@@H](C)N(C)C(=O)C=Cc2cnc3c(c2)OCC(C)(C)C(=O)N3)oc2ccccc12. The Morgan fingerprint density at radius 2 is 2.09 bits per heavy atom. The molecule has 2 aromatic heterocycles. The Balaban J connectivity index is 1.51. The Labute approximate surface area is 193 Å². The first kappa shape index (κ1) is 22.6. The van der Waals surface area contributed by atoms with Gasteiger partial charge in [0.2, 0.25) is 11.8 Å². The average molecular weight is 448 g/mol. The highest BCUT2D eigenvalue weighted by Gasteiger charge is 2.33. The van der Waals surface area contributed by atoms with Crippen LogP contribution in [0.25, 0.3) is 17.0 Å². The fourth-order valence-corrected chi connectivity index (χ4v) is 3.83. The lowest BCUT2D eigenvalue weighted by atomic mass is 9.94. The molecule has 2 amide bonds. The van der Waals surface area contributed by atoms with Crippen molar-refractivity contribution in [2.24, 2.45) is 5.41 Å². The number of benzene rings is 1. The zero-order valence-electron chi connectivity index (χ0n) is 19.6. The van der Waals surface area contributed by atoms with Gasteiger partial charge in [-0.25, -0.2) is 4.98 Å². The van der Waals surface area contributed by atoms with Crippen LogP contribution < -0.4 is 10.1 Å². The first-order valence-corrected chi connectivity index (χ1v) is 11.1. The number of ether oxygens (including phenoxy) is 1. The molecule has 0 unspecified atom stereocenters. The van der Waals surface area contributed by atoms with Gasteiger partial charge in [0.1, 0.15) is 18.0 Å². The molecule has 1 aromatic carbocycles. The van der Waals surface area contributed by atoms with Crippen LogP contribution in [0, 0.1) is 5.41 Å². The van der Waals surface area contributed by atoms with Gasteiger partial charge in [-0.05, 0) is 51.0 Å². The second kappa shape index (κ2) is 8.73. The number of carbonyl (C=O) groups excluding carboxylic acids is 2. The van der Waals surface area contributed by atoms with Crippen LogP contribution in [0.15, 0.2) is 47.0 Å². The monoisotopic (exact) mass is 447 g/mol. The van der Waals surface area contributed by atoms with Crippen LogP contribution in [0.2, 0.25) is 0 Å². The summed E-state index contributed by atoms with van der Waals surface area (Å²) >= 11 is 0. The van der Waals surface area contributed by atoms with Crippen molar-refractivity contribution in [3.63, 3.8) is 0 Å². The summed E-state index contributed by atoms with van der Waals surface area (Å²) in [7, 11) is 1.76. The Morgan fingerprint density at radius 1 is 1.33 bits per heavy atom. The van der Waals surface area contributed by atoms with Gasteiger partial charge in [-0.15, -0.1) is 0 Å². The maximum atomic E-state index is 12.9. The van der Waals surface area contributed by atoms with Gasteiger partial charge in [0, 0.05) is 30.3 Å². The molecule has 4 rings (SSSR count). The number of hydrogen-bond donors (Lipinski definition) is 1. The number of aromatic nitrogens is 1. The highest BCUT2D eigenvalue weighted by atomic mass is 16.5. The topological polar surface area (TPSA) is 84.7 Å². The van der Waals surface area contributed by atoms with E-state index in [1.165, 1.54) is 6.08 Å². The molecule has 7 nitrogen and oxygen atoms in total. The molecular formula is C26H29N3O4. The van der Waals surface area contributed by atoms with Crippen molar-refractivity contribution in [3.8, 4) is 5.75 Å². The minimum Gasteiger partial charge on any atom is -0.489 e. The summed E-state index contributed by atoms with van der Waals surface area (Å²) in [6.45, 7) is 7.93. The number of furan rings is 1. The molecule has 1 atom stereocenters. The fourth-order valence-electron chi connectivity index (χ4n) is 3.83. The Kier molecular flexibility index (Phi) is 5.97. The van der Waals surface area contributed by atoms with Gasteiger partial charge in [0.15, 0.2) is 11.6 Å². The third-order valence-corrected chi connectivity index (χ3v) is 6.12. The van der Waals surface area contributed by atoms with Gasteiger partial charge < -0.3 is 19.4 Å². The van der Waals surface area contributed by atoms with Crippen molar-refractivity contribution in [1.82, 2.24) is 9.88 Å². The standard InChI is InChI=1S/C26H29N3O4/c1-6-18-19-9-7-8-10-20(19)33-23(18)16(2)29(5)22(30)12-11-17-13-21-24(27-14-17)28-25(31)26(3,4)15-32-21/h7-14,16H,6,15H2,1-5H3,(H,27,28,31)/t16-/m1/s1. The summed E-state index contributed by atoms with van der Waals surface area (Å²) < 4.78 is 11.9. The zero-order chi connectivity index (χ0) is 23.8. The van der Waals surface area contributed by atoms with Crippen molar-refractivity contribution < 1.29 is 18.7 Å². The van der Waals surface area contributed by atoms with Gasteiger partial charge in [-0.3, -0.25) is 9.59 Å². The highest BCUT2D eigenvalue weighted by molar-refractivity contribution is 5.96. The Hall–Kier alpha value is -3.61. The fraction of sp³-hybridized carbons (Fsp3) is 0.346. The summed E-state index contributed by atoms with van der Waals surface area (Å²) in [6.07, 6.45) is 5.62. The van der Waals surface area contributed by atoms with Crippen molar-refractivity contribution in [1.29, 1.82) is 0 Å². The van der Waals surface area contributed by atoms with Crippen molar-refractivity contribution >= 4 is 34.7 Å². The maximum absolute atomic E-state index is 12.9. The molecule has 3 aromatic rings. The number of carbonyl (C=O) groups is 2. The number of para-hydroxylation sites is 1. The summed E-state index contributed by atoms with van der Waals surface area (Å²) in [4.78, 5) is 31.1. The molecule has 7 heteroatoms. The number of anilines is 1. The molecule has 172 valence electrons. The molecule has 1 aliphatic heterocycles. The van der Waals surface area contributed by atoms with E-state index >= 15 is 0 Å². The highest BCUT2D eigenvalue weighted by Crippen LogP contribution is 2.33. The molecule has 3 heterocycles. The van der Waals surface area contributed by atoms with Crippen LogP contribution in [-0.4, -0.2) is 35.4 Å². The van der Waals surface area contributed by atoms with Crippen LogP contribution >= 0.6 is 0 Å². The lowest BCUT2D eigenvalue weighted by Gasteiger charge is -2.23. The van der Waals surface area contributed by atoms with E-state index in [9.17, 15) is 9.59 Å². The van der Waals surface area contributed by atoms with Crippen molar-refractivity contribution in [3.05, 3.63) is 59.5 Å². The van der Waals surface area contributed by atoms with Crippen LogP contribution in [0.4, 0.5) is 5.82 Å². The minimum absolute atomic E-state index is 0.139. The van der Waals surface area contributed by atoms with E-state index in [-0.39, 0.29) is 24.5 Å². The summed E-state index contributed by atoms with van der Waals surface area (Å²) in [5.41, 5.74) is 2.01. The first-order chi connectivity index (χ1) is 15.7. The van der Waals surface area contributed by atoms with Gasteiger partial charge in [0.05, 0.1) is 11.5 Å². The van der Waals surface area contributed by atoms with E-state index in [0.717, 1.165) is 28.7 Å². The normalized spacial score (nSPS) is 16.1. The lowest BCUT2D eigenvalue weighted by Crippen LogP contribution is -2.33. The number of likely N-dealkylation sites (N-methyl/N-ethyl adjacent to an activating group) is 1. The summed E-state index contributed by atoms with van der Waals surface area (Å²) in [6, 6.07) is 9.48. The predicted molar refractivity (Wildman–Crippen MR) is 128 cm³/mol. The molecule has 0 radical (unpaired) electrons. The van der Waals surface area contributed by atoms with Crippen LogP contribution in [-0.2, 0) is 16.0 Å². The molecule has 0 bridgehead atoms. The van der Waals surface area contributed by atoms with Crippen molar-refractivity contribution in [2.45, 2.75) is 40.2 Å². The van der Waals surface area contributed by atoms with E-state index in [1.54, 1.807) is 30.3 Å². The number of aryl methyl sites for hydroxylation is 1. The van der Waals surface area contributed by atoms with E-state index in [1.807, 2.05) is 45.0 Å². The number of amides is 2. The average Bonchev–Trinajstić information content (AvgIpc) is 3.14. The first-order valence-electron chi connectivity index (χ1n) is 11.1. The predicted octanol–water partition coefficient (Wildman–Crippen LogP) is 4.98. The number of nitrogens with zero attached hydrogens (tertiary/aromatic N) is 2. The van der Waals surface area contributed by atoms with Gasteiger partial charge in [-0.1, -0.05) is 25.1 Å². The van der Waals surface area contributed by atoms with Crippen molar-refractivity contribution in [2.75, 3.05) is 19.0 Å². The van der Waals surface area contributed by atoms with Crippen LogP contribution in [0.1, 0.15) is 50.6 Å². The molecule has 1 aliphatic rings. The van der Waals surface area contributed by atoms with Gasteiger partial charge in [-0.2, -0.15) is 0 Å². The molecule has 0 fully saturated rings. The molecule has 0 saturated heterocycles. The van der Waals surface area contributed by atoms with E-state index in [4.69, 9.17) is 9.15 Å². The van der Waals surface area contributed by atoms with E-state index in [0.29, 0.717) is 17.1 Å². The quantitative estimate of drug-likeness (QED) is 0.558. The minimum atomic E-state index is -0.653. The molecular weight excluding hydrogens is 418 g/mol. The Bertz CT molecular complexity index is 1240. The Morgan fingerprint density at radius 3 is 2.85 bits per heavy atom. The number of pyridine rings is 1. The van der Waals surface area contributed by atoms with Crippen LogP contribution in [0.3, 0.4) is 0 Å². The summed E-state index contributed by atoms with van der Waals surface area (Å²) in [5.74, 6) is 1.38. The number of rotatable bonds is 5. The smallest absolute Gasteiger partial charge is 0.246 e. The summed E-state index contributed by atoms with van der Waals surface area (Å²) in [5, 5.41) is 3.88. The van der Waals surface area contributed by atoms with E-state index < -0.39 is 5.41 Å². The molecule has 0 aliphatic carbocycles. The van der Waals surface area contributed by atoms with Crippen LogP contribution in [0.5, 0.6) is 5.75 Å². The third kappa shape index (κ3) is 4.35.